The highest BCUT2D eigenvalue weighted by atomic mass is 16.2. The second kappa shape index (κ2) is 6.72. The second-order valence-corrected chi connectivity index (χ2v) is 5.85. The SMILES string of the molecule is CC1=NN(c2ccccc2)C(=O)[C@H]1N=Nc1cc(-c2ccccc2)[nH]n1. The van der Waals surface area contributed by atoms with Crippen LogP contribution in [0.2, 0.25) is 0 Å². The number of H-pyrrole nitrogens is 1. The van der Waals surface area contributed by atoms with Crippen molar-refractivity contribution in [2.45, 2.75) is 13.0 Å². The van der Waals surface area contributed by atoms with Crippen LogP contribution in [0, 0.1) is 0 Å². The molecule has 0 bridgehead atoms. The molecule has 1 atom stereocenters. The molecule has 7 heteroatoms. The number of rotatable bonds is 4. The monoisotopic (exact) mass is 344 g/mol. The van der Waals surface area contributed by atoms with Gasteiger partial charge in [-0.05, 0) is 24.6 Å². The molecule has 3 aromatic rings. The van der Waals surface area contributed by atoms with Gasteiger partial charge in [-0.3, -0.25) is 9.89 Å². The molecule has 0 spiro atoms. The molecule has 1 amide bonds. The van der Waals surface area contributed by atoms with Crippen molar-refractivity contribution < 1.29 is 4.79 Å². The molecule has 0 fully saturated rings. The number of hydrogen-bond acceptors (Lipinski definition) is 5. The number of nitrogens with zero attached hydrogens (tertiary/aromatic N) is 5. The lowest BCUT2D eigenvalue weighted by Crippen LogP contribution is -2.29. The highest BCUT2D eigenvalue weighted by Crippen LogP contribution is 2.24. The normalized spacial score (nSPS) is 17.1. The van der Waals surface area contributed by atoms with Gasteiger partial charge < -0.3 is 0 Å². The van der Waals surface area contributed by atoms with Crippen LogP contribution in [0.5, 0.6) is 0 Å². The van der Waals surface area contributed by atoms with E-state index in [1.807, 2.05) is 60.7 Å². The van der Waals surface area contributed by atoms with E-state index in [-0.39, 0.29) is 5.91 Å². The average molecular weight is 344 g/mol. The first kappa shape index (κ1) is 15.9. The predicted octanol–water partition coefficient (Wildman–Crippen LogP) is 3.95. The summed E-state index contributed by atoms with van der Waals surface area (Å²) in [6.07, 6.45) is 0. The number of carbonyl (C=O) groups excluding carboxylic acids is 1. The van der Waals surface area contributed by atoms with Crippen molar-refractivity contribution in [3.63, 3.8) is 0 Å². The first-order valence-corrected chi connectivity index (χ1v) is 8.18. The van der Waals surface area contributed by atoms with Gasteiger partial charge in [0.2, 0.25) is 0 Å². The van der Waals surface area contributed by atoms with Crippen LogP contribution in [0.1, 0.15) is 6.92 Å². The fourth-order valence-electron chi connectivity index (χ4n) is 2.69. The fourth-order valence-corrected chi connectivity index (χ4v) is 2.69. The van der Waals surface area contributed by atoms with Gasteiger partial charge >= 0.3 is 0 Å². The van der Waals surface area contributed by atoms with E-state index in [1.54, 1.807) is 13.0 Å². The van der Waals surface area contributed by atoms with Crippen LogP contribution >= 0.6 is 0 Å². The zero-order valence-corrected chi connectivity index (χ0v) is 14.1. The van der Waals surface area contributed by atoms with Gasteiger partial charge in [0.15, 0.2) is 11.9 Å². The molecule has 1 aliphatic heterocycles. The van der Waals surface area contributed by atoms with Crippen molar-refractivity contribution in [3.8, 4) is 11.3 Å². The van der Waals surface area contributed by atoms with Crippen molar-refractivity contribution >= 4 is 23.1 Å². The molecule has 1 N–H and O–H groups in total. The number of azo groups is 1. The molecule has 128 valence electrons. The van der Waals surface area contributed by atoms with Gasteiger partial charge in [0.25, 0.3) is 5.91 Å². The first-order valence-electron chi connectivity index (χ1n) is 8.18. The Labute approximate surface area is 150 Å². The summed E-state index contributed by atoms with van der Waals surface area (Å²) in [6, 6.07) is 20.1. The number of aromatic amines is 1. The minimum atomic E-state index is -0.730. The summed E-state index contributed by atoms with van der Waals surface area (Å²) >= 11 is 0. The lowest BCUT2D eigenvalue weighted by atomic mass is 10.2. The number of nitrogens with one attached hydrogen (secondary N) is 1. The van der Waals surface area contributed by atoms with Crippen LogP contribution in [-0.2, 0) is 4.79 Å². The number of aromatic nitrogens is 2. The summed E-state index contributed by atoms with van der Waals surface area (Å²) in [6.45, 7) is 1.77. The zero-order chi connectivity index (χ0) is 17.9. The maximum atomic E-state index is 12.6. The quantitative estimate of drug-likeness (QED) is 0.727. The number of anilines is 1. The van der Waals surface area contributed by atoms with E-state index in [9.17, 15) is 4.79 Å². The molecule has 0 saturated heterocycles. The molecule has 0 saturated carbocycles. The van der Waals surface area contributed by atoms with Crippen LogP contribution < -0.4 is 5.01 Å². The molecule has 7 nitrogen and oxygen atoms in total. The van der Waals surface area contributed by atoms with E-state index in [0.717, 1.165) is 11.3 Å². The Hall–Kier alpha value is -3.61. The van der Waals surface area contributed by atoms with E-state index in [2.05, 4.69) is 25.5 Å². The van der Waals surface area contributed by atoms with Gasteiger partial charge in [-0.1, -0.05) is 48.5 Å². The summed E-state index contributed by atoms with van der Waals surface area (Å²) in [5.41, 5.74) is 3.15. The predicted molar refractivity (Wildman–Crippen MR) is 99.4 cm³/mol. The first-order chi connectivity index (χ1) is 12.7. The van der Waals surface area contributed by atoms with E-state index in [0.29, 0.717) is 17.2 Å². The molecule has 0 radical (unpaired) electrons. The number of benzene rings is 2. The maximum absolute atomic E-state index is 12.6. The van der Waals surface area contributed by atoms with Gasteiger partial charge in [0.1, 0.15) is 0 Å². The van der Waals surface area contributed by atoms with Crippen LogP contribution in [0.15, 0.2) is 82.1 Å². The number of hydrazone groups is 1. The van der Waals surface area contributed by atoms with Crippen LogP contribution in [-0.4, -0.2) is 27.9 Å². The number of hydrogen-bond donors (Lipinski definition) is 1. The average Bonchev–Trinajstić information content (AvgIpc) is 3.26. The van der Waals surface area contributed by atoms with Crippen molar-refractivity contribution in [2.24, 2.45) is 15.3 Å². The molecular formula is C19H16N6O. The van der Waals surface area contributed by atoms with Crippen molar-refractivity contribution in [3.05, 3.63) is 66.7 Å². The van der Waals surface area contributed by atoms with Gasteiger partial charge in [0.05, 0.1) is 17.1 Å². The largest absolute Gasteiger partial charge is 0.280 e. The molecule has 26 heavy (non-hydrogen) atoms. The van der Waals surface area contributed by atoms with Gasteiger partial charge in [0, 0.05) is 6.07 Å². The topological polar surface area (TPSA) is 86.1 Å². The van der Waals surface area contributed by atoms with Gasteiger partial charge in [-0.15, -0.1) is 5.11 Å². The number of amides is 1. The Balaban J connectivity index is 1.52. The molecular weight excluding hydrogens is 328 g/mol. The summed E-state index contributed by atoms with van der Waals surface area (Å²) in [4.78, 5) is 12.6. The Kier molecular flexibility index (Phi) is 4.10. The van der Waals surface area contributed by atoms with Crippen molar-refractivity contribution in [1.82, 2.24) is 10.2 Å². The minimum absolute atomic E-state index is 0.226. The molecule has 0 unspecified atom stereocenters. The molecule has 2 heterocycles. The Bertz CT molecular complexity index is 978. The summed E-state index contributed by atoms with van der Waals surface area (Å²) < 4.78 is 0. The zero-order valence-electron chi connectivity index (χ0n) is 14.1. The van der Waals surface area contributed by atoms with Gasteiger partial charge in [-0.2, -0.15) is 20.3 Å². The summed E-state index contributed by atoms with van der Waals surface area (Å²) in [5, 5.41) is 21.0. The standard InChI is InChI=1S/C19H16N6O/c1-13-18(19(26)25(24-13)15-10-6-3-7-11-15)23-22-17-12-16(20-21-17)14-8-4-2-5-9-14/h2-12,18H,1H3,(H,20,21)/t18-/m0/s1. The highest BCUT2D eigenvalue weighted by molar-refractivity contribution is 6.18. The smallest absolute Gasteiger partial charge is 0.276 e. The van der Waals surface area contributed by atoms with E-state index >= 15 is 0 Å². The molecule has 0 aliphatic carbocycles. The molecule has 4 rings (SSSR count). The maximum Gasteiger partial charge on any atom is 0.280 e. The fraction of sp³-hybridized carbons (Fsp3) is 0.105. The van der Waals surface area contributed by atoms with Crippen LogP contribution in [0.4, 0.5) is 11.5 Å². The second-order valence-electron chi connectivity index (χ2n) is 5.85. The van der Waals surface area contributed by atoms with E-state index in [1.165, 1.54) is 5.01 Å². The lowest BCUT2D eigenvalue weighted by Gasteiger charge is -2.11. The van der Waals surface area contributed by atoms with E-state index in [4.69, 9.17) is 0 Å². The third-order valence-corrected chi connectivity index (χ3v) is 4.02. The number of para-hydroxylation sites is 1. The third-order valence-electron chi connectivity index (χ3n) is 4.02. The highest BCUT2D eigenvalue weighted by Gasteiger charge is 2.34. The molecule has 1 aliphatic rings. The van der Waals surface area contributed by atoms with E-state index < -0.39 is 6.04 Å². The van der Waals surface area contributed by atoms with Crippen LogP contribution in [0.25, 0.3) is 11.3 Å². The van der Waals surface area contributed by atoms with Gasteiger partial charge in [-0.25, -0.2) is 0 Å². The van der Waals surface area contributed by atoms with Crippen LogP contribution in [0.3, 0.4) is 0 Å². The van der Waals surface area contributed by atoms with Crippen molar-refractivity contribution in [2.75, 3.05) is 5.01 Å². The Morgan fingerprint density at radius 2 is 1.73 bits per heavy atom. The Morgan fingerprint density at radius 3 is 2.46 bits per heavy atom. The third kappa shape index (κ3) is 3.02. The Morgan fingerprint density at radius 1 is 1.04 bits per heavy atom. The molecule has 1 aromatic heterocycles. The van der Waals surface area contributed by atoms with Crippen molar-refractivity contribution in [1.29, 1.82) is 0 Å². The summed E-state index contributed by atoms with van der Waals surface area (Å²) in [7, 11) is 0. The summed E-state index contributed by atoms with van der Waals surface area (Å²) in [5.74, 6) is 0.193. The minimum Gasteiger partial charge on any atom is -0.276 e. The lowest BCUT2D eigenvalue weighted by molar-refractivity contribution is -0.117. The number of carbonyl (C=O) groups is 1. The molecule has 2 aromatic carbocycles.